The largest absolute Gasteiger partial charge is 0.497 e. The van der Waals surface area contributed by atoms with Gasteiger partial charge >= 0.3 is 5.97 Å². The number of likely N-dealkylation sites (tertiary alicyclic amines) is 1. The fourth-order valence-electron chi connectivity index (χ4n) is 8.37. The van der Waals surface area contributed by atoms with Gasteiger partial charge in [0.15, 0.2) is 0 Å². The quantitative estimate of drug-likeness (QED) is 0.262. The molecule has 3 amide bonds. The number of nitrogens with zero attached hydrogens (tertiary/aromatic N) is 3. The summed E-state index contributed by atoms with van der Waals surface area (Å²) in [6.07, 6.45) is 4.55. The third kappa shape index (κ3) is 6.64. The van der Waals surface area contributed by atoms with E-state index in [9.17, 15) is 14.7 Å². The number of ether oxygens (including phenoxy) is 3. The molecule has 2 saturated heterocycles. The van der Waals surface area contributed by atoms with E-state index in [0.717, 1.165) is 5.56 Å². The zero-order chi connectivity index (χ0) is 38.1. The number of cyclic esters (lactones) is 1. The predicted molar refractivity (Wildman–Crippen MR) is 204 cm³/mol. The van der Waals surface area contributed by atoms with Crippen molar-refractivity contribution in [2.45, 2.75) is 62.1 Å². The van der Waals surface area contributed by atoms with Gasteiger partial charge in [0.05, 0.1) is 31.7 Å². The van der Waals surface area contributed by atoms with Crippen LogP contribution in [0.5, 0.6) is 5.75 Å². The summed E-state index contributed by atoms with van der Waals surface area (Å²) in [5.74, 6) is -3.41. The molecule has 4 heterocycles. The maximum absolute atomic E-state index is 15.4. The Morgan fingerprint density at radius 2 is 1.61 bits per heavy atom. The first-order chi connectivity index (χ1) is 26.1. The molecule has 0 radical (unpaired) electrons. The van der Waals surface area contributed by atoms with Crippen LogP contribution in [0.25, 0.3) is 0 Å². The SMILES string of the molecule is COc1ccc(N2C/C=C\CCC(=O)N(C)[C@@H](C)[C@H](c3ccccc3)OC(=O)[C@H]3[C@@H]4O[C@@]5(C=C4Br)[C@@H]3C(=O)N([C@@H](CO)Cc3ccccc3)[C@@H]5C2=O)cc1. The van der Waals surface area contributed by atoms with Crippen LogP contribution in [0, 0.1) is 11.8 Å². The molecule has 5 bridgehead atoms. The van der Waals surface area contributed by atoms with E-state index in [2.05, 4.69) is 15.9 Å². The molecule has 3 aromatic carbocycles. The summed E-state index contributed by atoms with van der Waals surface area (Å²) >= 11 is 3.64. The second-order valence-electron chi connectivity index (χ2n) is 14.3. The monoisotopic (exact) mass is 797 g/mol. The minimum Gasteiger partial charge on any atom is -0.497 e. The number of hydrogen-bond acceptors (Lipinski definition) is 8. The van der Waals surface area contributed by atoms with Gasteiger partial charge in [-0.05, 0) is 61.2 Å². The number of benzene rings is 3. The minimum absolute atomic E-state index is 0.114. The Hall–Kier alpha value is -4.78. The van der Waals surface area contributed by atoms with Gasteiger partial charge in [0, 0.05) is 30.2 Å². The van der Waals surface area contributed by atoms with Gasteiger partial charge in [0.2, 0.25) is 11.8 Å². The van der Waals surface area contributed by atoms with Crippen molar-refractivity contribution >= 4 is 45.3 Å². The lowest BCUT2D eigenvalue weighted by Crippen LogP contribution is -2.59. The first-order valence-electron chi connectivity index (χ1n) is 18.2. The third-order valence-electron chi connectivity index (χ3n) is 11.2. The van der Waals surface area contributed by atoms with E-state index < -0.39 is 72.2 Å². The highest BCUT2D eigenvalue weighted by atomic mass is 79.9. The Morgan fingerprint density at radius 1 is 0.926 bits per heavy atom. The van der Waals surface area contributed by atoms with Gasteiger partial charge in [-0.25, -0.2) is 0 Å². The number of anilines is 1. The summed E-state index contributed by atoms with van der Waals surface area (Å²) in [6, 6.07) is 23.1. The Labute approximate surface area is 323 Å². The fraction of sp³-hybridized carbons (Fsp3) is 0.381. The molecule has 12 heteroatoms. The Kier molecular flexibility index (Phi) is 10.8. The zero-order valence-corrected chi connectivity index (χ0v) is 32.0. The number of likely N-dealkylation sites (N-methyl/N-ethyl adjacent to an activating group) is 1. The molecule has 7 rings (SSSR count). The highest BCUT2D eigenvalue weighted by molar-refractivity contribution is 9.11. The van der Waals surface area contributed by atoms with E-state index in [-0.39, 0.29) is 25.3 Å². The molecule has 54 heavy (non-hydrogen) atoms. The summed E-state index contributed by atoms with van der Waals surface area (Å²) in [5, 5.41) is 11.0. The van der Waals surface area contributed by atoms with Gasteiger partial charge in [-0.1, -0.05) is 88.7 Å². The molecular formula is C42H44BrN3O8. The lowest BCUT2D eigenvalue weighted by atomic mass is 9.74. The number of halogens is 1. The maximum atomic E-state index is 15.4. The number of methoxy groups -OCH3 is 1. The van der Waals surface area contributed by atoms with Crippen LogP contribution in [0.2, 0.25) is 0 Å². The number of allylic oxidation sites excluding steroid dienone is 1. The number of hydrogen-bond donors (Lipinski definition) is 1. The molecule has 0 aliphatic carbocycles. The van der Waals surface area contributed by atoms with Crippen LogP contribution in [-0.4, -0.2) is 95.7 Å². The van der Waals surface area contributed by atoms with Gasteiger partial charge in [-0.3, -0.25) is 19.2 Å². The average Bonchev–Trinajstić information content (AvgIpc) is 3.80. The number of esters is 1. The molecule has 4 aliphatic rings. The van der Waals surface area contributed by atoms with Crippen LogP contribution < -0.4 is 9.64 Å². The number of carbonyl (C=O) groups excluding carboxylic acids is 4. The number of carbonyl (C=O) groups is 4. The smallest absolute Gasteiger partial charge is 0.313 e. The molecule has 4 aliphatic heterocycles. The number of rotatable bonds is 7. The molecule has 0 saturated carbocycles. The van der Waals surface area contributed by atoms with Gasteiger partial charge in [0.1, 0.15) is 35.5 Å². The summed E-state index contributed by atoms with van der Waals surface area (Å²) in [6.45, 7) is 1.51. The van der Waals surface area contributed by atoms with E-state index in [4.69, 9.17) is 14.2 Å². The summed E-state index contributed by atoms with van der Waals surface area (Å²) < 4.78 is 19.0. The lowest BCUT2D eigenvalue weighted by Gasteiger charge is -2.38. The molecule has 8 atom stereocenters. The lowest BCUT2D eigenvalue weighted by molar-refractivity contribution is -0.164. The van der Waals surface area contributed by atoms with E-state index in [1.54, 1.807) is 54.3 Å². The van der Waals surface area contributed by atoms with Crippen molar-refractivity contribution in [2.75, 3.05) is 32.2 Å². The van der Waals surface area contributed by atoms with Crippen molar-refractivity contribution in [2.24, 2.45) is 11.8 Å². The minimum atomic E-state index is -1.56. The number of aliphatic hydroxyl groups is 1. The fourth-order valence-corrected chi connectivity index (χ4v) is 9.11. The number of aliphatic hydroxyl groups excluding tert-OH is 1. The molecule has 282 valence electrons. The van der Waals surface area contributed by atoms with Crippen LogP contribution in [0.4, 0.5) is 5.69 Å². The molecule has 2 fully saturated rings. The Balaban J connectivity index is 1.38. The molecule has 1 spiro atoms. The van der Waals surface area contributed by atoms with Crippen LogP contribution in [0.1, 0.15) is 37.0 Å². The highest BCUT2D eigenvalue weighted by Gasteiger charge is 2.75. The second kappa shape index (κ2) is 15.5. The van der Waals surface area contributed by atoms with Crippen LogP contribution >= 0.6 is 15.9 Å². The van der Waals surface area contributed by atoms with E-state index in [1.165, 1.54) is 4.90 Å². The normalized spacial score (nSPS) is 29.9. The topological polar surface area (TPSA) is 126 Å². The zero-order valence-electron chi connectivity index (χ0n) is 30.4. The van der Waals surface area contributed by atoms with E-state index >= 15 is 9.59 Å². The van der Waals surface area contributed by atoms with Crippen LogP contribution in [0.15, 0.2) is 108 Å². The Morgan fingerprint density at radius 3 is 2.28 bits per heavy atom. The van der Waals surface area contributed by atoms with E-state index in [1.807, 2.05) is 79.7 Å². The van der Waals surface area contributed by atoms with Crippen molar-refractivity contribution in [3.63, 3.8) is 0 Å². The van der Waals surface area contributed by atoms with Gasteiger partial charge in [-0.15, -0.1) is 0 Å². The van der Waals surface area contributed by atoms with Gasteiger partial charge < -0.3 is 34.0 Å². The van der Waals surface area contributed by atoms with Crippen molar-refractivity contribution in [3.05, 3.63) is 119 Å². The molecule has 3 aromatic rings. The third-order valence-corrected chi connectivity index (χ3v) is 11.9. The first kappa shape index (κ1) is 37.5. The van der Waals surface area contributed by atoms with Gasteiger partial charge in [-0.2, -0.15) is 0 Å². The highest BCUT2D eigenvalue weighted by Crippen LogP contribution is 2.59. The number of amides is 3. The molecule has 11 nitrogen and oxygen atoms in total. The number of fused-ring (bicyclic) bond motifs is 2. The molecule has 0 aromatic heterocycles. The van der Waals surface area contributed by atoms with Crippen LogP contribution in [0.3, 0.4) is 0 Å². The molecule has 1 N–H and O–H groups in total. The second-order valence-corrected chi connectivity index (χ2v) is 15.2. The predicted octanol–water partition coefficient (Wildman–Crippen LogP) is 4.99. The summed E-state index contributed by atoms with van der Waals surface area (Å²) in [7, 11) is 3.25. The standard InChI is InChI=1S/C42H44BrN3O8/c1-26-36(28-15-9-5-10-16-28)53-41(51)34-35-39(49)46(30(25-47)23-27-13-7-4-8-14-27)38(42(35)24-32(43)37(34)54-42)40(50)45(29-18-20-31(52-3)21-19-29)22-12-6-11-17-33(48)44(26)2/h4-10,12-16,18-21,24,26,30,34-38,47H,11,17,22-23,25H2,1-3H3/b12-6-/t26-,30+,34+,35-,36+,37+,38+,42-/m0/s1. The average molecular weight is 799 g/mol. The summed E-state index contributed by atoms with van der Waals surface area (Å²) in [4.78, 5) is 63.2. The van der Waals surface area contributed by atoms with Crippen molar-refractivity contribution in [3.8, 4) is 5.75 Å². The van der Waals surface area contributed by atoms with Crippen molar-refractivity contribution in [1.82, 2.24) is 9.80 Å². The first-order valence-corrected chi connectivity index (χ1v) is 19.0. The van der Waals surface area contributed by atoms with E-state index in [0.29, 0.717) is 27.9 Å². The Bertz CT molecular complexity index is 1940. The van der Waals surface area contributed by atoms with Crippen LogP contribution in [-0.2, 0) is 35.1 Å². The molecular weight excluding hydrogens is 754 g/mol. The van der Waals surface area contributed by atoms with Crippen molar-refractivity contribution < 1.29 is 38.5 Å². The molecule has 0 unspecified atom stereocenters. The maximum Gasteiger partial charge on any atom is 0.313 e. The van der Waals surface area contributed by atoms with Gasteiger partial charge in [0.25, 0.3) is 5.91 Å². The summed E-state index contributed by atoms with van der Waals surface area (Å²) in [5.41, 5.74) is 0.538. The van der Waals surface area contributed by atoms with Crippen molar-refractivity contribution in [1.29, 1.82) is 0 Å².